The Hall–Kier alpha value is -0.540. The summed E-state index contributed by atoms with van der Waals surface area (Å²) in [6.07, 6.45) is 4.76. The summed E-state index contributed by atoms with van der Waals surface area (Å²) >= 11 is 1.74. The molecule has 0 spiro atoms. The maximum absolute atomic E-state index is 13.0. The van der Waals surface area contributed by atoms with Gasteiger partial charge in [0.2, 0.25) is 0 Å². The summed E-state index contributed by atoms with van der Waals surface area (Å²) in [4.78, 5) is 1.03. The fraction of sp³-hybridized carbons (Fsp3) is 0.600. The molecule has 18 heavy (non-hydrogen) atoms. The number of halogens is 1. The summed E-state index contributed by atoms with van der Waals surface area (Å²) in [6, 6.07) is 7.48. The van der Waals surface area contributed by atoms with Crippen LogP contribution in [0.25, 0.3) is 0 Å². The number of thioether (sulfide) groups is 1. The van der Waals surface area contributed by atoms with Gasteiger partial charge >= 0.3 is 0 Å². The largest absolute Gasteiger partial charge is 0.314 e. The molecular weight excluding hydrogens is 245 g/mol. The average molecular weight is 269 g/mol. The molecule has 0 fully saturated rings. The van der Waals surface area contributed by atoms with Gasteiger partial charge in [-0.3, -0.25) is 0 Å². The summed E-state index contributed by atoms with van der Waals surface area (Å²) in [7, 11) is 0. The van der Waals surface area contributed by atoms with Gasteiger partial charge in [0.25, 0.3) is 0 Å². The lowest BCUT2D eigenvalue weighted by molar-refractivity contribution is 0.465. The molecule has 1 unspecified atom stereocenters. The number of rotatable bonds is 9. The van der Waals surface area contributed by atoms with Crippen molar-refractivity contribution >= 4 is 11.8 Å². The SMILES string of the molecule is CCCNC(CC)CCCSc1cccc(F)c1. The van der Waals surface area contributed by atoms with E-state index in [0.29, 0.717) is 6.04 Å². The van der Waals surface area contributed by atoms with Gasteiger partial charge in [-0.15, -0.1) is 11.8 Å². The van der Waals surface area contributed by atoms with E-state index in [1.165, 1.54) is 31.7 Å². The molecule has 1 rings (SSSR count). The van der Waals surface area contributed by atoms with E-state index >= 15 is 0 Å². The first-order valence-electron chi connectivity index (χ1n) is 6.88. The molecule has 1 nitrogen and oxygen atoms in total. The van der Waals surface area contributed by atoms with Gasteiger partial charge in [0.15, 0.2) is 0 Å². The monoisotopic (exact) mass is 269 g/mol. The van der Waals surface area contributed by atoms with Crippen LogP contribution in [0.5, 0.6) is 0 Å². The van der Waals surface area contributed by atoms with E-state index in [1.54, 1.807) is 23.9 Å². The Morgan fingerprint density at radius 1 is 1.33 bits per heavy atom. The van der Waals surface area contributed by atoms with Crippen molar-refractivity contribution in [1.29, 1.82) is 0 Å². The molecule has 1 aromatic carbocycles. The van der Waals surface area contributed by atoms with Gasteiger partial charge in [-0.25, -0.2) is 4.39 Å². The van der Waals surface area contributed by atoms with Gasteiger partial charge in [0.05, 0.1) is 0 Å². The van der Waals surface area contributed by atoms with Gasteiger partial charge in [-0.05, 0) is 56.2 Å². The van der Waals surface area contributed by atoms with Crippen LogP contribution in [0.15, 0.2) is 29.2 Å². The van der Waals surface area contributed by atoms with Crippen molar-refractivity contribution in [3.63, 3.8) is 0 Å². The number of nitrogens with one attached hydrogen (secondary N) is 1. The highest BCUT2D eigenvalue weighted by molar-refractivity contribution is 7.99. The van der Waals surface area contributed by atoms with Gasteiger partial charge in [-0.2, -0.15) is 0 Å². The van der Waals surface area contributed by atoms with Gasteiger partial charge in [0, 0.05) is 10.9 Å². The van der Waals surface area contributed by atoms with E-state index in [0.717, 1.165) is 17.2 Å². The third-order valence-electron chi connectivity index (χ3n) is 2.94. The maximum atomic E-state index is 13.0. The first-order valence-corrected chi connectivity index (χ1v) is 7.86. The van der Waals surface area contributed by atoms with Crippen molar-refractivity contribution in [1.82, 2.24) is 5.32 Å². The first kappa shape index (κ1) is 15.5. The van der Waals surface area contributed by atoms with E-state index in [-0.39, 0.29) is 5.82 Å². The van der Waals surface area contributed by atoms with E-state index in [4.69, 9.17) is 0 Å². The van der Waals surface area contributed by atoms with E-state index in [9.17, 15) is 4.39 Å². The molecule has 0 bridgehead atoms. The Labute approximate surface area is 115 Å². The zero-order valence-electron chi connectivity index (χ0n) is 11.4. The summed E-state index contributed by atoms with van der Waals surface area (Å²) in [5.41, 5.74) is 0. The zero-order valence-corrected chi connectivity index (χ0v) is 12.2. The topological polar surface area (TPSA) is 12.0 Å². The summed E-state index contributed by atoms with van der Waals surface area (Å²) in [5.74, 6) is 0.921. The fourth-order valence-electron chi connectivity index (χ4n) is 1.88. The number of hydrogen-bond donors (Lipinski definition) is 1. The zero-order chi connectivity index (χ0) is 13.2. The van der Waals surface area contributed by atoms with Crippen LogP contribution < -0.4 is 5.32 Å². The molecular formula is C15H24FNS. The second-order valence-corrected chi connectivity index (χ2v) is 5.68. The third kappa shape index (κ3) is 6.41. The van der Waals surface area contributed by atoms with Crippen LogP contribution in [-0.4, -0.2) is 18.3 Å². The van der Waals surface area contributed by atoms with Crippen LogP contribution in [0.1, 0.15) is 39.5 Å². The van der Waals surface area contributed by atoms with Gasteiger partial charge < -0.3 is 5.32 Å². The Balaban J connectivity index is 2.17. The van der Waals surface area contributed by atoms with Crippen molar-refractivity contribution in [2.24, 2.45) is 0 Å². The minimum absolute atomic E-state index is 0.143. The number of benzene rings is 1. The van der Waals surface area contributed by atoms with E-state index in [2.05, 4.69) is 19.2 Å². The molecule has 1 atom stereocenters. The molecule has 0 heterocycles. The molecule has 0 aliphatic rings. The lowest BCUT2D eigenvalue weighted by Crippen LogP contribution is -2.29. The highest BCUT2D eigenvalue weighted by atomic mass is 32.2. The second-order valence-electron chi connectivity index (χ2n) is 4.51. The van der Waals surface area contributed by atoms with Crippen molar-refractivity contribution in [3.05, 3.63) is 30.1 Å². The minimum Gasteiger partial charge on any atom is -0.314 e. The Kier molecular flexibility index (Phi) is 8.10. The second kappa shape index (κ2) is 9.40. The third-order valence-corrected chi connectivity index (χ3v) is 4.02. The predicted octanol–water partition coefficient (Wildman–Crippen LogP) is 4.48. The maximum Gasteiger partial charge on any atom is 0.124 e. The molecule has 0 aliphatic carbocycles. The summed E-state index contributed by atoms with van der Waals surface area (Å²) in [5, 5.41) is 3.56. The van der Waals surface area contributed by atoms with Crippen LogP contribution in [-0.2, 0) is 0 Å². The lowest BCUT2D eigenvalue weighted by Gasteiger charge is -2.16. The van der Waals surface area contributed by atoms with Crippen molar-refractivity contribution in [2.75, 3.05) is 12.3 Å². The predicted molar refractivity (Wildman–Crippen MR) is 78.7 cm³/mol. The molecule has 0 saturated carbocycles. The molecule has 102 valence electrons. The molecule has 0 amide bonds. The minimum atomic E-state index is -0.143. The smallest absolute Gasteiger partial charge is 0.124 e. The molecule has 0 saturated heterocycles. The van der Waals surface area contributed by atoms with Crippen molar-refractivity contribution in [2.45, 2.75) is 50.5 Å². The molecule has 3 heteroatoms. The summed E-state index contributed by atoms with van der Waals surface area (Å²) < 4.78 is 13.0. The van der Waals surface area contributed by atoms with Crippen LogP contribution in [0.2, 0.25) is 0 Å². The van der Waals surface area contributed by atoms with Crippen LogP contribution in [0.4, 0.5) is 4.39 Å². The van der Waals surface area contributed by atoms with Crippen LogP contribution in [0, 0.1) is 5.82 Å². The molecule has 0 aromatic heterocycles. The molecule has 0 radical (unpaired) electrons. The van der Waals surface area contributed by atoms with Gasteiger partial charge in [0.1, 0.15) is 5.82 Å². The Morgan fingerprint density at radius 3 is 2.83 bits per heavy atom. The van der Waals surface area contributed by atoms with E-state index < -0.39 is 0 Å². The molecule has 1 aromatic rings. The van der Waals surface area contributed by atoms with Crippen LogP contribution >= 0.6 is 11.8 Å². The fourth-order valence-corrected chi connectivity index (χ4v) is 2.79. The molecule has 1 N–H and O–H groups in total. The average Bonchev–Trinajstić information content (AvgIpc) is 2.38. The lowest BCUT2D eigenvalue weighted by atomic mass is 10.1. The van der Waals surface area contributed by atoms with E-state index in [1.807, 2.05) is 6.07 Å². The highest BCUT2D eigenvalue weighted by Gasteiger charge is 2.04. The Morgan fingerprint density at radius 2 is 2.17 bits per heavy atom. The van der Waals surface area contributed by atoms with Crippen molar-refractivity contribution < 1.29 is 4.39 Å². The van der Waals surface area contributed by atoms with Gasteiger partial charge in [-0.1, -0.05) is 19.9 Å². The molecule has 0 aliphatic heterocycles. The quantitative estimate of drug-likeness (QED) is 0.524. The normalized spacial score (nSPS) is 12.6. The Bertz CT molecular complexity index is 330. The highest BCUT2D eigenvalue weighted by Crippen LogP contribution is 2.20. The first-order chi connectivity index (χ1) is 8.76. The van der Waals surface area contributed by atoms with Crippen molar-refractivity contribution in [3.8, 4) is 0 Å². The number of hydrogen-bond acceptors (Lipinski definition) is 2. The summed E-state index contributed by atoms with van der Waals surface area (Å²) in [6.45, 7) is 5.53. The standard InChI is InChI=1S/C15H24FNS/c1-3-10-17-14(4-2)8-6-11-18-15-9-5-7-13(16)12-15/h5,7,9,12,14,17H,3-4,6,8,10-11H2,1-2H3. The van der Waals surface area contributed by atoms with Crippen LogP contribution in [0.3, 0.4) is 0 Å².